The molecule has 2 aromatic rings. The molecule has 0 spiro atoms. The Morgan fingerprint density at radius 2 is 1.38 bits per heavy atom. The lowest BCUT2D eigenvalue weighted by molar-refractivity contribution is -0.139. The SMILES string of the molecule is CN(C)C(=O)CN(C)C(=O)COc1ccc(OCc2ccccc2)cc1. The van der Waals surface area contributed by atoms with Crippen LogP contribution >= 0.6 is 0 Å². The largest absolute Gasteiger partial charge is 0.489 e. The number of carbonyl (C=O) groups is 2. The number of amides is 2. The Labute approximate surface area is 153 Å². The van der Waals surface area contributed by atoms with E-state index in [0.29, 0.717) is 12.4 Å². The van der Waals surface area contributed by atoms with Gasteiger partial charge in [-0.2, -0.15) is 0 Å². The van der Waals surface area contributed by atoms with E-state index >= 15 is 0 Å². The topological polar surface area (TPSA) is 59.1 Å². The van der Waals surface area contributed by atoms with Gasteiger partial charge in [-0.3, -0.25) is 9.59 Å². The van der Waals surface area contributed by atoms with Gasteiger partial charge in [-0.15, -0.1) is 0 Å². The molecule has 0 N–H and O–H groups in total. The van der Waals surface area contributed by atoms with Gasteiger partial charge in [-0.05, 0) is 29.8 Å². The molecule has 0 atom stereocenters. The highest BCUT2D eigenvalue weighted by Gasteiger charge is 2.14. The van der Waals surface area contributed by atoms with E-state index < -0.39 is 0 Å². The van der Waals surface area contributed by atoms with Crippen molar-refractivity contribution in [2.45, 2.75) is 6.61 Å². The molecule has 6 nitrogen and oxygen atoms in total. The van der Waals surface area contributed by atoms with Gasteiger partial charge in [0.2, 0.25) is 5.91 Å². The van der Waals surface area contributed by atoms with Crippen molar-refractivity contribution in [3.05, 3.63) is 60.2 Å². The Morgan fingerprint density at radius 1 is 0.808 bits per heavy atom. The molecule has 0 aliphatic rings. The van der Waals surface area contributed by atoms with Gasteiger partial charge < -0.3 is 19.3 Å². The van der Waals surface area contributed by atoms with Crippen LogP contribution in [0.5, 0.6) is 11.5 Å². The zero-order chi connectivity index (χ0) is 18.9. The number of nitrogens with zero attached hydrogens (tertiary/aromatic N) is 2. The average Bonchev–Trinajstić information content (AvgIpc) is 2.65. The predicted octanol–water partition coefficient (Wildman–Crippen LogP) is 2.19. The second-order valence-corrected chi connectivity index (χ2v) is 6.07. The molecule has 138 valence electrons. The maximum absolute atomic E-state index is 12.0. The van der Waals surface area contributed by atoms with Crippen molar-refractivity contribution >= 4 is 11.8 Å². The van der Waals surface area contributed by atoms with E-state index in [1.807, 2.05) is 30.3 Å². The van der Waals surface area contributed by atoms with Crippen molar-refractivity contribution in [1.82, 2.24) is 9.80 Å². The molecule has 2 aromatic carbocycles. The molecule has 0 radical (unpaired) electrons. The van der Waals surface area contributed by atoms with Crippen LogP contribution < -0.4 is 9.47 Å². The normalized spacial score (nSPS) is 10.1. The highest BCUT2D eigenvalue weighted by atomic mass is 16.5. The fraction of sp³-hybridized carbons (Fsp3) is 0.300. The van der Waals surface area contributed by atoms with E-state index in [4.69, 9.17) is 9.47 Å². The molecule has 0 unspecified atom stereocenters. The quantitative estimate of drug-likeness (QED) is 0.728. The molecule has 0 aliphatic heterocycles. The highest BCUT2D eigenvalue weighted by Crippen LogP contribution is 2.18. The van der Waals surface area contributed by atoms with Gasteiger partial charge in [0.15, 0.2) is 6.61 Å². The van der Waals surface area contributed by atoms with E-state index in [0.717, 1.165) is 11.3 Å². The van der Waals surface area contributed by atoms with Gasteiger partial charge >= 0.3 is 0 Å². The van der Waals surface area contributed by atoms with Crippen LogP contribution in [0.1, 0.15) is 5.56 Å². The van der Waals surface area contributed by atoms with Crippen molar-refractivity contribution in [3.63, 3.8) is 0 Å². The molecular formula is C20H24N2O4. The fourth-order valence-electron chi connectivity index (χ4n) is 2.06. The Kier molecular flexibility index (Phi) is 7.02. The first-order chi connectivity index (χ1) is 12.5. The molecule has 0 aromatic heterocycles. The van der Waals surface area contributed by atoms with Crippen molar-refractivity contribution in [2.75, 3.05) is 34.3 Å². The third-order valence-corrected chi connectivity index (χ3v) is 3.73. The summed E-state index contributed by atoms with van der Waals surface area (Å²) in [6.45, 7) is 0.396. The van der Waals surface area contributed by atoms with Gasteiger partial charge in [0.25, 0.3) is 5.91 Å². The van der Waals surface area contributed by atoms with Crippen LogP contribution in [0.25, 0.3) is 0 Å². The average molecular weight is 356 g/mol. The number of likely N-dealkylation sites (N-methyl/N-ethyl adjacent to an activating group) is 2. The zero-order valence-corrected chi connectivity index (χ0v) is 15.3. The lowest BCUT2D eigenvalue weighted by Crippen LogP contribution is -2.39. The standard InChI is InChI=1S/C20H24N2O4/c1-21(2)19(23)13-22(3)20(24)15-26-18-11-9-17(10-12-18)25-14-16-7-5-4-6-8-16/h4-12H,13-15H2,1-3H3. The van der Waals surface area contributed by atoms with Crippen LogP contribution in [-0.2, 0) is 16.2 Å². The summed E-state index contributed by atoms with van der Waals surface area (Å²) in [5.41, 5.74) is 1.09. The van der Waals surface area contributed by atoms with Crippen LogP contribution in [-0.4, -0.2) is 55.9 Å². The van der Waals surface area contributed by atoms with Crippen molar-refractivity contribution in [2.24, 2.45) is 0 Å². The summed E-state index contributed by atoms with van der Waals surface area (Å²) in [5.74, 6) is 0.893. The Hall–Kier alpha value is -3.02. The van der Waals surface area contributed by atoms with E-state index in [-0.39, 0.29) is 25.0 Å². The van der Waals surface area contributed by atoms with Crippen molar-refractivity contribution in [3.8, 4) is 11.5 Å². The second kappa shape index (κ2) is 9.46. The molecule has 0 heterocycles. The number of benzene rings is 2. The lowest BCUT2D eigenvalue weighted by Gasteiger charge is -2.19. The van der Waals surface area contributed by atoms with Crippen molar-refractivity contribution in [1.29, 1.82) is 0 Å². The summed E-state index contributed by atoms with van der Waals surface area (Å²) in [6.07, 6.45) is 0. The molecule has 0 bridgehead atoms. The molecule has 0 saturated heterocycles. The van der Waals surface area contributed by atoms with Crippen LogP contribution in [0.4, 0.5) is 0 Å². The van der Waals surface area contributed by atoms with Crippen LogP contribution in [0.2, 0.25) is 0 Å². The van der Waals surface area contributed by atoms with Crippen molar-refractivity contribution < 1.29 is 19.1 Å². The fourth-order valence-corrected chi connectivity index (χ4v) is 2.06. The summed E-state index contributed by atoms with van der Waals surface area (Å²) in [5, 5.41) is 0. The van der Waals surface area contributed by atoms with E-state index in [1.54, 1.807) is 45.4 Å². The van der Waals surface area contributed by atoms with E-state index in [1.165, 1.54) is 9.80 Å². The van der Waals surface area contributed by atoms with Crippen LogP contribution in [0.15, 0.2) is 54.6 Å². The molecule has 26 heavy (non-hydrogen) atoms. The predicted molar refractivity (Wildman–Crippen MR) is 99.0 cm³/mol. The second-order valence-electron chi connectivity index (χ2n) is 6.07. The molecule has 0 fully saturated rings. The van der Waals surface area contributed by atoms with Crippen LogP contribution in [0.3, 0.4) is 0 Å². The van der Waals surface area contributed by atoms with Gasteiger partial charge in [0.1, 0.15) is 18.1 Å². The minimum Gasteiger partial charge on any atom is -0.489 e. The Bertz CT molecular complexity index is 714. The molecular weight excluding hydrogens is 332 g/mol. The highest BCUT2D eigenvalue weighted by molar-refractivity contribution is 5.85. The maximum Gasteiger partial charge on any atom is 0.260 e. The van der Waals surface area contributed by atoms with Gasteiger partial charge in [-0.1, -0.05) is 30.3 Å². The summed E-state index contributed by atoms with van der Waals surface area (Å²) in [6, 6.07) is 17.0. The van der Waals surface area contributed by atoms with Gasteiger partial charge in [0, 0.05) is 21.1 Å². The number of hydrogen-bond acceptors (Lipinski definition) is 4. The molecule has 2 rings (SSSR count). The van der Waals surface area contributed by atoms with E-state index in [9.17, 15) is 9.59 Å². The number of hydrogen-bond donors (Lipinski definition) is 0. The molecule has 6 heteroatoms. The van der Waals surface area contributed by atoms with Gasteiger partial charge in [-0.25, -0.2) is 0 Å². The Balaban J connectivity index is 1.78. The lowest BCUT2D eigenvalue weighted by atomic mass is 10.2. The summed E-state index contributed by atoms with van der Waals surface area (Å²) in [4.78, 5) is 26.4. The minimum absolute atomic E-state index is 0.0292. The summed E-state index contributed by atoms with van der Waals surface area (Å²) in [7, 11) is 4.88. The first-order valence-electron chi connectivity index (χ1n) is 8.29. The smallest absolute Gasteiger partial charge is 0.260 e. The maximum atomic E-state index is 12.0. The molecule has 2 amide bonds. The van der Waals surface area contributed by atoms with Crippen LogP contribution in [0, 0.1) is 0 Å². The zero-order valence-electron chi connectivity index (χ0n) is 15.3. The third kappa shape index (κ3) is 6.12. The Morgan fingerprint density at radius 3 is 1.96 bits per heavy atom. The number of carbonyl (C=O) groups excluding carboxylic acids is 2. The monoisotopic (exact) mass is 356 g/mol. The minimum atomic E-state index is -0.260. The summed E-state index contributed by atoms with van der Waals surface area (Å²) < 4.78 is 11.2. The number of ether oxygens (including phenoxy) is 2. The first kappa shape index (κ1) is 19.3. The third-order valence-electron chi connectivity index (χ3n) is 3.73. The number of rotatable bonds is 8. The van der Waals surface area contributed by atoms with E-state index in [2.05, 4.69) is 0 Å². The summed E-state index contributed by atoms with van der Waals surface area (Å²) >= 11 is 0. The molecule has 0 saturated carbocycles. The van der Waals surface area contributed by atoms with Gasteiger partial charge in [0.05, 0.1) is 6.54 Å². The molecule has 0 aliphatic carbocycles. The first-order valence-corrected chi connectivity index (χ1v) is 8.29.